The first kappa shape index (κ1) is 11.7. The highest BCUT2D eigenvalue weighted by atomic mass is 16.2. The Balaban J connectivity index is 2.03. The second-order valence-electron chi connectivity index (χ2n) is 4.41. The van der Waals surface area contributed by atoms with Crippen LogP contribution >= 0.6 is 0 Å². The van der Waals surface area contributed by atoms with Gasteiger partial charge in [0.1, 0.15) is 0 Å². The maximum atomic E-state index is 12.2. The van der Waals surface area contributed by atoms with E-state index in [1.807, 2.05) is 42.3 Å². The van der Waals surface area contributed by atoms with E-state index in [1.54, 1.807) is 4.90 Å². The Morgan fingerprint density at radius 3 is 2.41 bits per heavy atom. The summed E-state index contributed by atoms with van der Waals surface area (Å²) in [7, 11) is 1.82. The van der Waals surface area contributed by atoms with Gasteiger partial charge in [0, 0.05) is 25.8 Å². The third kappa shape index (κ3) is 2.67. The van der Waals surface area contributed by atoms with Crippen LogP contribution < -0.4 is 4.90 Å². The zero-order chi connectivity index (χ0) is 12.3. The smallest absolute Gasteiger partial charge is 0.324 e. The minimum atomic E-state index is 0.0729. The van der Waals surface area contributed by atoms with Gasteiger partial charge in [-0.25, -0.2) is 4.79 Å². The Bertz CT molecular complexity index is 403. The van der Waals surface area contributed by atoms with Gasteiger partial charge < -0.3 is 4.90 Å². The summed E-state index contributed by atoms with van der Waals surface area (Å²) in [5, 5.41) is 0. The number of carbonyl (C=O) groups excluding carboxylic acids is 1. The third-order valence-electron chi connectivity index (χ3n) is 3.17. The van der Waals surface area contributed by atoms with Crippen LogP contribution in [0.25, 0.3) is 0 Å². The molecule has 1 fully saturated rings. The molecule has 0 atom stereocenters. The topological polar surface area (TPSA) is 23.6 Å². The minimum absolute atomic E-state index is 0.0729. The van der Waals surface area contributed by atoms with Crippen molar-refractivity contribution < 1.29 is 4.79 Å². The fourth-order valence-electron chi connectivity index (χ4n) is 1.99. The number of carbonyl (C=O) groups is 1. The van der Waals surface area contributed by atoms with Crippen molar-refractivity contribution in [3.8, 4) is 0 Å². The zero-order valence-corrected chi connectivity index (χ0v) is 10.2. The predicted molar refractivity (Wildman–Crippen MR) is 70.2 cm³/mol. The molecule has 0 spiro atoms. The molecule has 0 saturated carbocycles. The Morgan fingerprint density at radius 1 is 1.24 bits per heavy atom. The molecule has 1 saturated heterocycles. The van der Waals surface area contributed by atoms with Gasteiger partial charge in [-0.05, 0) is 25.0 Å². The van der Waals surface area contributed by atoms with Gasteiger partial charge in [-0.1, -0.05) is 30.4 Å². The quantitative estimate of drug-likeness (QED) is 0.680. The highest BCUT2D eigenvalue weighted by Crippen LogP contribution is 2.18. The first-order chi connectivity index (χ1) is 8.18. The number of likely N-dealkylation sites (tertiary alicyclic amines) is 1. The first-order valence-electron chi connectivity index (χ1n) is 5.93. The fraction of sp³-hybridized carbons (Fsp3) is 0.357. The largest absolute Gasteiger partial charge is 0.324 e. The number of urea groups is 1. The molecule has 0 unspecified atom stereocenters. The van der Waals surface area contributed by atoms with E-state index >= 15 is 0 Å². The summed E-state index contributed by atoms with van der Waals surface area (Å²) in [5.41, 5.74) is 2.18. The number of hydrogen-bond acceptors (Lipinski definition) is 1. The molecule has 0 bridgehead atoms. The molecule has 2 amide bonds. The lowest BCUT2D eigenvalue weighted by Gasteiger charge is -2.31. The van der Waals surface area contributed by atoms with Crippen LogP contribution in [0.3, 0.4) is 0 Å². The normalized spacial score (nSPS) is 15.8. The van der Waals surface area contributed by atoms with Gasteiger partial charge in [0.05, 0.1) is 0 Å². The van der Waals surface area contributed by atoms with Gasteiger partial charge in [-0.3, -0.25) is 4.90 Å². The molecule has 90 valence electrons. The molecular formula is C14H18N2O. The molecule has 0 aromatic heterocycles. The highest BCUT2D eigenvalue weighted by molar-refractivity contribution is 5.91. The molecule has 3 heteroatoms. The van der Waals surface area contributed by atoms with E-state index in [1.165, 1.54) is 5.57 Å². The van der Waals surface area contributed by atoms with Crippen molar-refractivity contribution >= 4 is 11.7 Å². The van der Waals surface area contributed by atoms with Crippen LogP contribution in [0.4, 0.5) is 10.5 Å². The molecule has 0 aliphatic carbocycles. The lowest BCUT2D eigenvalue weighted by Crippen LogP contribution is -2.44. The summed E-state index contributed by atoms with van der Waals surface area (Å²) in [6.07, 6.45) is 1.85. The number of piperidine rings is 1. The summed E-state index contributed by atoms with van der Waals surface area (Å²) in [6, 6.07) is 9.80. The van der Waals surface area contributed by atoms with Crippen LogP contribution in [0, 0.1) is 0 Å². The van der Waals surface area contributed by atoms with E-state index in [2.05, 4.69) is 6.58 Å². The van der Waals surface area contributed by atoms with Crippen molar-refractivity contribution in [2.75, 3.05) is 25.0 Å². The fourth-order valence-corrected chi connectivity index (χ4v) is 1.99. The minimum Gasteiger partial charge on any atom is -0.324 e. The zero-order valence-electron chi connectivity index (χ0n) is 10.2. The molecule has 1 aliphatic rings. The van der Waals surface area contributed by atoms with Gasteiger partial charge in [0.15, 0.2) is 0 Å². The van der Waals surface area contributed by atoms with E-state index in [-0.39, 0.29) is 6.03 Å². The van der Waals surface area contributed by atoms with Crippen molar-refractivity contribution in [3.05, 3.63) is 42.5 Å². The van der Waals surface area contributed by atoms with Gasteiger partial charge in [-0.15, -0.1) is 0 Å². The lowest BCUT2D eigenvalue weighted by molar-refractivity contribution is 0.202. The Morgan fingerprint density at radius 2 is 1.82 bits per heavy atom. The van der Waals surface area contributed by atoms with Crippen molar-refractivity contribution in [2.45, 2.75) is 12.8 Å². The first-order valence-corrected chi connectivity index (χ1v) is 5.93. The number of para-hydroxylation sites is 1. The monoisotopic (exact) mass is 230 g/mol. The van der Waals surface area contributed by atoms with E-state index in [9.17, 15) is 4.79 Å². The van der Waals surface area contributed by atoms with Crippen LogP contribution in [-0.2, 0) is 0 Å². The van der Waals surface area contributed by atoms with Crippen LogP contribution in [0.2, 0.25) is 0 Å². The number of nitrogens with zero attached hydrogens (tertiary/aromatic N) is 2. The second kappa shape index (κ2) is 5.04. The van der Waals surface area contributed by atoms with E-state index in [0.29, 0.717) is 0 Å². The van der Waals surface area contributed by atoms with Gasteiger partial charge in [0.25, 0.3) is 0 Å². The molecular weight excluding hydrogens is 212 g/mol. The molecule has 0 N–H and O–H groups in total. The van der Waals surface area contributed by atoms with Crippen LogP contribution in [-0.4, -0.2) is 31.1 Å². The summed E-state index contributed by atoms with van der Waals surface area (Å²) >= 11 is 0. The van der Waals surface area contributed by atoms with E-state index in [4.69, 9.17) is 0 Å². The molecule has 17 heavy (non-hydrogen) atoms. The third-order valence-corrected chi connectivity index (χ3v) is 3.17. The lowest BCUT2D eigenvalue weighted by atomic mass is 10.1. The van der Waals surface area contributed by atoms with Crippen molar-refractivity contribution in [1.82, 2.24) is 4.90 Å². The second-order valence-corrected chi connectivity index (χ2v) is 4.41. The summed E-state index contributed by atoms with van der Waals surface area (Å²) in [6.45, 7) is 5.53. The highest BCUT2D eigenvalue weighted by Gasteiger charge is 2.21. The van der Waals surface area contributed by atoms with E-state index < -0.39 is 0 Å². The Hall–Kier alpha value is -1.77. The molecule has 3 nitrogen and oxygen atoms in total. The number of hydrogen-bond donors (Lipinski definition) is 0. The number of benzene rings is 1. The predicted octanol–water partition coefficient (Wildman–Crippen LogP) is 2.89. The van der Waals surface area contributed by atoms with Crippen LogP contribution in [0.15, 0.2) is 42.5 Å². The molecule has 0 radical (unpaired) electrons. The average molecular weight is 230 g/mol. The van der Waals surface area contributed by atoms with Crippen molar-refractivity contribution in [3.63, 3.8) is 0 Å². The average Bonchev–Trinajstić information content (AvgIpc) is 2.39. The Labute approximate surface area is 102 Å². The number of amides is 2. The SMILES string of the molecule is C=C1CCN(C(=O)N(C)c2ccccc2)CC1. The number of rotatable bonds is 1. The molecule has 1 aromatic rings. The summed E-state index contributed by atoms with van der Waals surface area (Å²) in [4.78, 5) is 15.8. The van der Waals surface area contributed by atoms with Crippen molar-refractivity contribution in [1.29, 1.82) is 0 Å². The van der Waals surface area contributed by atoms with Crippen LogP contribution in [0.5, 0.6) is 0 Å². The summed E-state index contributed by atoms with van der Waals surface area (Å²) < 4.78 is 0. The molecule has 1 heterocycles. The standard InChI is InChI=1S/C14H18N2O/c1-12-8-10-16(11-9-12)14(17)15(2)13-6-4-3-5-7-13/h3-7H,1,8-11H2,2H3. The maximum Gasteiger partial charge on any atom is 0.324 e. The maximum absolute atomic E-state index is 12.2. The van der Waals surface area contributed by atoms with Gasteiger partial charge in [-0.2, -0.15) is 0 Å². The van der Waals surface area contributed by atoms with Gasteiger partial charge in [0.2, 0.25) is 0 Å². The van der Waals surface area contributed by atoms with Gasteiger partial charge >= 0.3 is 6.03 Å². The summed E-state index contributed by atoms with van der Waals surface area (Å²) in [5.74, 6) is 0. The van der Waals surface area contributed by atoms with Crippen molar-refractivity contribution in [2.24, 2.45) is 0 Å². The van der Waals surface area contributed by atoms with E-state index in [0.717, 1.165) is 31.6 Å². The molecule has 1 aromatic carbocycles. The molecule has 1 aliphatic heterocycles. The number of anilines is 1. The molecule has 2 rings (SSSR count). The van der Waals surface area contributed by atoms with Crippen LogP contribution in [0.1, 0.15) is 12.8 Å². The Kier molecular flexibility index (Phi) is 3.47.